The van der Waals surface area contributed by atoms with Gasteiger partial charge in [-0.05, 0) is 38.0 Å². The lowest BCUT2D eigenvalue weighted by atomic mass is 9.78. The summed E-state index contributed by atoms with van der Waals surface area (Å²) in [6.07, 6.45) is 6.74. The lowest BCUT2D eigenvalue weighted by molar-refractivity contribution is -0.152. The molecule has 1 amide bonds. The molecular weight excluding hydrogens is 242 g/mol. The molecule has 4 heteroatoms. The van der Waals surface area contributed by atoms with E-state index in [0.717, 1.165) is 38.8 Å². The number of hydrogen-bond donors (Lipinski definition) is 1. The van der Waals surface area contributed by atoms with Gasteiger partial charge in [0.1, 0.15) is 0 Å². The molecule has 0 unspecified atom stereocenters. The van der Waals surface area contributed by atoms with E-state index in [1.165, 1.54) is 12.8 Å². The van der Waals surface area contributed by atoms with Gasteiger partial charge >= 0.3 is 5.97 Å². The SMILES string of the molecule is CCCN(CC1CC1)C(=O)[C@@H]1CCCC[C@@H]1C(=O)O. The number of carbonyl (C=O) groups is 2. The molecule has 1 N–H and O–H groups in total. The molecule has 0 aromatic heterocycles. The molecule has 2 atom stereocenters. The molecule has 0 aromatic carbocycles. The Morgan fingerprint density at radius 1 is 1.11 bits per heavy atom. The Labute approximate surface area is 115 Å². The molecule has 0 heterocycles. The van der Waals surface area contributed by atoms with Crippen LogP contribution in [0.25, 0.3) is 0 Å². The lowest BCUT2D eigenvalue weighted by Crippen LogP contribution is -2.43. The number of amides is 1. The van der Waals surface area contributed by atoms with Crippen molar-refractivity contribution in [2.75, 3.05) is 13.1 Å². The first kappa shape index (κ1) is 14.4. The summed E-state index contributed by atoms with van der Waals surface area (Å²) in [5, 5.41) is 9.29. The highest BCUT2D eigenvalue weighted by atomic mass is 16.4. The number of nitrogens with zero attached hydrogens (tertiary/aromatic N) is 1. The van der Waals surface area contributed by atoms with Crippen molar-refractivity contribution >= 4 is 11.9 Å². The molecule has 2 aliphatic carbocycles. The van der Waals surface area contributed by atoms with Gasteiger partial charge in [-0.15, -0.1) is 0 Å². The van der Waals surface area contributed by atoms with Gasteiger partial charge in [0.25, 0.3) is 0 Å². The van der Waals surface area contributed by atoms with Crippen LogP contribution in [0.3, 0.4) is 0 Å². The van der Waals surface area contributed by atoms with Crippen LogP contribution < -0.4 is 0 Å². The summed E-state index contributed by atoms with van der Waals surface area (Å²) in [7, 11) is 0. The van der Waals surface area contributed by atoms with Gasteiger partial charge in [0.2, 0.25) is 5.91 Å². The molecule has 2 rings (SSSR count). The lowest BCUT2D eigenvalue weighted by Gasteiger charge is -2.32. The van der Waals surface area contributed by atoms with Crippen molar-refractivity contribution in [1.29, 1.82) is 0 Å². The minimum absolute atomic E-state index is 0.0980. The van der Waals surface area contributed by atoms with Gasteiger partial charge in [0.15, 0.2) is 0 Å². The number of hydrogen-bond acceptors (Lipinski definition) is 2. The summed E-state index contributed by atoms with van der Waals surface area (Å²) < 4.78 is 0. The Balaban J connectivity index is 2.02. The predicted octanol–water partition coefficient (Wildman–Crippen LogP) is 2.53. The minimum Gasteiger partial charge on any atom is -0.481 e. The fourth-order valence-corrected chi connectivity index (χ4v) is 3.13. The maximum absolute atomic E-state index is 12.6. The highest BCUT2D eigenvalue weighted by Gasteiger charge is 2.38. The zero-order chi connectivity index (χ0) is 13.8. The molecule has 0 aromatic rings. The molecule has 108 valence electrons. The number of aliphatic carboxylic acids is 1. The number of carboxylic acids is 1. The normalized spacial score (nSPS) is 27.0. The molecule has 0 saturated heterocycles. The third-order valence-corrected chi connectivity index (χ3v) is 4.38. The maximum Gasteiger partial charge on any atom is 0.307 e. The van der Waals surface area contributed by atoms with Crippen molar-refractivity contribution in [1.82, 2.24) is 4.90 Å². The Morgan fingerprint density at radius 3 is 2.26 bits per heavy atom. The van der Waals surface area contributed by atoms with Crippen LogP contribution in [0, 0.1) is 17.8 Å². The van der Waals surface area contributed by atoms with Crippen LogP contribution in [0.15, 0.2) is 0 Å². The van der Waals surface area contributed by atoms with Crippen LogP contribution in [-0.2, 0) is 9.59 Å². The van der Waals surface area contributed by atoms with Crippen molar-refractivity contribution < 1.29 is 14.7 Å². The average Bonchev–Trinajstić information content (AvgIpc) is 3.21. The molecule has 2 saturated carbocycles. The largest absolute Gasteiger partial charge is 0.481 e. The van der Waals surface area contributed by atoms with Crippen molar-refractivity contribution in [3.05, 3.63) is 0 Å². The first-order valence-electron chi connectivity index (χ1n) is 7.65. The second-order valence-electron chi connectivity index (χ2n) is 6.06. The highest BCUT2D eigenvalue weighted by molar-refractivity contribution is 5.85. The fraction of sp³-hybridized carbons (Fsp3) is 0.867. The third-order valence-electron chi connectivity index (χ3n) is 4.38. The highest BCUT2D eigenvalue weighted by Crippen LogP contribution is 2.34. The average molecular weight is 267 g/mol. The number of rotatable bonds is 6. The summed E-state index contributed by atoms with van der Waals surface area (Å²) in [6, 6.07) is 0. The van der Waals surface area contributed by atoms with E-state index in [2.05, 4.69) is 6.92 Å². The monoisotopic (exact) mass is 267 g/mol. The van der Waals surface area contributed by atoms with Crippen LogP contribution in [-0.4, -0.2) is 35.0 Å². The van der Waals surface area contributed by atoms with Crippen LogP contribution in [0.5, 0.6) is 0 Å². The minimum atomic E-state index is -0.791. The summed E-state index contributed by atoms with van der Waals surface area (Å²) in [5.41, 5.74) is 0. The second kappa shape index (κ2) is 6.40. The van der Waals surface area contributed by atoms with Gasteiger partial charge in [0.05, 0.1) is 11.8 Å². The zero-order valence-electron chi connectivity index (χ0n) is 11.8. The van der Waals surface area contributed by atoms with Crippen molar-refractivity contribution in [3.63, 3.8) is 0 Å². The standard InChI is InChI=1S/C15H25NO3/c1-2-9-16(10-11-7-8-11)14(17)12-5-3-4-6-13(12)15(18)19/h11-13H,2-10H2,1H3,(H,18,19)/t12-,13+/m1/s1. The van der Waals surface area contributed by atoms with Gasteiger partial charge in [-0.25, -0.2) is 0 Å². The predicted molar refractivity (Wildman–Crippen MR) is 72.7 cm³/mol. The quantitative estimate of drug-likeness (QED) is 0.804. The van der Waals surface area contributed by atoms with E-state index >= 15 is 0 Å². The first-order chi connectivity index (χ1) is 9.13. The van der Waals surface area contributed by atoms with Crippen LogP contribution >= 0.6 is 0 Å². The number of carboxylic acid groups (broad SMARTS) is 1. The van der Waals surface area contributed by atoms with Gasteiger partial charge in [0, 0.05) is 13.1 Å². The van der Waals surface area contributed by atoms with Gasteiger partial charge < -0.3 is 10.0 Å². The molecule has 0 spiro atoms. The molecular formula is C15H25NO3. The van der Waals surface area contributed by atoms with E-state index in [9.17, 15) is 14.7 Å². The van der Waals surface area contributed by atoms with Crippen LogP contribution in [0.4, 0.5) is 0 Å². The Hall–Kier alpha value is -1.06. The topological polar surface area (TPSA) is 57.6 Å². The molecule has 0 aliphatic heterocycles. The molecule has 2 fully saturated rings. The third kappa shape index (κ3) is 3.71. The van der Waals surface area contributed by atoms with Crippen molar-refractivity contribution in [3.8, 4) is 0 Å². The maximum atomic E-state index is 12.6. The van der Waals surface area contributed by atoms with E-state index in [0.29, 0.717) is 12.3 Å². The van der Waals surface area contributed by atoms with E-state index < -0.39 is 11.9 Å². The summed E-state index contributed by atoms with van der Waals surface area (Å²) >= 11 is 0. The Kier molecular flexibility index (Phi) is 4.83. The van der Waals surface area contributed by atoms with E-state index in [1.807, 2.05) is 4.90 Å². The van der Waals surface area contributed by atoms with Gasteiger partial charge in [-0.2, -0.15) is 0 Å². The van der Waals surface area contributed by atoms with E-state index in [1.54, 1.807) is 0 Å². The van der Waals surface area contributed by atoms with Gasteiger partial charge in [-0.1, -0.05) is 19.8 Å². The summed E-state index contributed by atoms with van der Waals surface area (Å²) in [6.45, 7) is 3.69. The first-order valence-corrected chi connectivity index (χ1v) is 7.65. The molecule has 4 nitrogen and oxygen atoms in total. The Bertz CT molecular complexity index is 338. The molecule has 0 bridgehead atoms. The summed E-state index contributed by atoms with van der Waals surface area (Å²) in [4.78, 5) is 25.9. The smallest absolute Gasteiger partial charge is 0.307 e. The van der Waals surface area contributed by atoms with Crippen LogP contribution in [0.2, 0.25) is 0 Å². The second-order valence-corrected chi connectivity index (χ2v) is 6.06. The van der Waals surface area contributed by atoms with Gasteiger partial charge in [-0.3, -0.25) is 9.59 Å². The number of carbonyl (C=O) groups excluding carboxylic acids is 1. The van der Waals surface area contributed by atoms with Crippen molar-refractivity contribution in [2.24, 2.45) is 17.8 Å². The van der Waals surface area contributed by atoms with Crippen molar-refractivity contribution in [2.45, 2.75) is 51.9 Å². The van der Waals surface area contributed by atoms with E-state index in [4.69, 9.17) is 0 Å². The fourth-order valence-electron chi connectivity index (χ4n) is 3.13. The molecule has 0 radical (unpaired) electrons. The zero-order valence-corrected chi connectivity index (χ0v) is 11.8. The molecule has 2 aliphatic rings. The Morgan fingerprint density at radius 2 is 1.74 bits per heavy atom. The van der Waals surface area contributed by atoms with E-state index in [-0.39, 0.29) is 11.8 Å². The summed E-state index contributed by atoms with van der Waals surface area (Å²) in [5.74, 6) is -0.763. The molecule has 19 heavy (non-hydrogen) atoms. The van der Waals surface area contributed by atoms with Crippen LogP contribution in [0.1, 0.15) is 51.9 Å².